The summed E-state index contributed by atoms with van der Waals surface area (Å²) in [4.78, 5) is 2.29. The van der Waals surface area contributed by atoms with Gasteiger partial charge >= 0.3 is 0 Å². The Morgan fingerprint density at radius 2 is 2.22 bits per heavy atom. The maximum atomic E-state index is 12.4. The summed E-state index contributed by atoms with van der Waals surface area (Å²) in [5, 5.41) is 1.67. The molecular formula is C11H19N3O2S2. The maximum absolute atomic E-state index is 12.4. The summed E-state index contributed by atoms with van der Waals surface area (Å²) in [6, 6.07) is 1.80. The van der Waals surface area contributed by atoms with E-state index in [2.05, 4.69) is 18.7 Å². The lowest BCUT2D eigenvalue weighted by atomic mass is 10.2. The molecule has 0 radical (unpaired) electrons. The zero-order valence-electron chi connectivity index (χ0n) is 10.7. The third kappa shape index (κ3) is 2.54. The van der Waals surface area contributed by atoms with E-state index in [0.29, 0.717) is 23.0 Å². The molecule has 2 N–H and O–H groups in total. The first kappa shape index (κ1) is 13.8. The van der Waals surface area contributed by atoms with E-state index in [1.54, 1.807) is 9.69 Å². The van der Waals surface area contributed by atoms with E-state index in [1.165, 1.54) is 17.4 Å². The van der Waals surface area contributed by atoms with Crippen LogP contribution in [0.25, 0.3) is 0 Å². The van der Waals surface area contributed by atoms with E-state index in [0.717, 1.165) is 13.1 Å². The fourth-order valence-electron chi connectivity index (χ4n) is 2.24. The van der Waals surface area contributed by atoms with Gasteiger partial charge in [0.15, 0.2) is 0 Å². The van der Waals surface area contributed by atoms with Crippen molar-refractivity contribution in [1.29, 1.82) is 0 Å². The van der Waals surface area contributed by atoms with Crippen molar-refractivity contribution >= 4 is 27.0 Å². The Morgan fingerprint density at radius 1 is 1.50 bits per heavy atom. The molecule has 1 fully saturated rings. The second-order valence-electron chi connectivity index (χ2n) is 4.54. The molecule has 0 spiro atoms. The first-order chi connectivity index (χ1) is 8.45. The van der Waals surface area contributed by atoms with E-state index < -0.39 is 10.0 Å². The Morgan fingerprint density at radius 3 is 2.72 bits per heavy atom. The summed E-state index contributed by atoms with van der Waals surface area (Å²) < 4.78 is 26.7. The fraction of sp³-hybridized carbons (Fsp3) is 0.636. The Labute approximate surface area is 112 Å². The summed E-state index contributed by atoms with van der Waals surface area (Å²) in [7, 11) is -3.36. The molecule has 1 aromatic heterocycles. The number of anilines is 1. The average Bonchev–Trinajstić information content (AvgIpc) is 2.76. The van der Waals surface area contributed by atoms with Crippen LogP contribution in [0.2, 0.25) is 0 Å². The van der Waals surface area contributed by atoms with Crippen LogP contribution in [0.5, 0.6) is 0 Å². The summed E-state index contributed by atoms with van der Waals surface area (Å²) >= 11 is 1.19. The topological polar surface area (TPSA) is 66.6 Å². The Balaban J connectivity index is 2.17. The summed E-state index contributed by atoms with van der Waals surface area (Å²) in [5.41, 5.74) is 6.11. The lowest BCUT2D eigenvalue weighted by Gasteiger charge is -2.38. The molecule has 5 nitrogen and oxygen atoms in total. The van der Waals surface area contributed by atoms with Crippen LogP contribution < -0.4 is 5.73 Å². The highest BCUT2D eigenvalue weighted by molar-refractivity contribution is 7.91. The summed E-state index contributed by atoms with van der Waals surface area (Å²) in [5.74, 6) is 0. The van der Waals surface area contributed by atoms with Gasteiger partial charge in [0.2, 0.25) is 0 Å². The maximum Gasteiger partial charge on any atom is 0.252 e. The van der Waals surface area contributed by atoms with Crippen LogP contribution in [0.1, 0.15) is 13.8 Å². The molecular weight excluding hydrogens is 270 g/mol. The molecule has 1 aliphatic rings. The molecule has 1 saturated heterocycles. The summed E-state index contributed by atoms with van der Waals surface area (Å²) in [6.45, 7) is 7.01. The van der Waals surface area contributed by atoms with E-state index in [-0.39, 0.29) is 6.04 Å². The second-order valence-corrected chi connectivity index (χ2v) is 7.62. The number of piperazine rings is 1. The molecule has 7 heteroatoms. The van der Waals surface area contributed by atoms with E-state index in [1.807, 2.05) is 0 Å². The predicted octanol–water partition coefficient (Wildman–Crippen LogP) is 1.04. The van der Waals surface area contributed by atoms with Crippen molar-refractivity contribution in [3.8, 4) is 0 Å². The highest BCUT2D eigenvalue weighted by Crippen LogP contribution is 2.26. The van der Waals surface area contributed by atoms with Crippen LogP contribution in [-0.2, 0) is 10.0 Å². The van der Waals surface area contributed by atoms with Gasteiger partial charge in [0.05, 0.1) is 0 Å². The molecule has 1 unspecified atom stereocenters. The molecule has 0 amide bonds. The van der Waals surface area contributed by atoms with Crippen LogP contribution in [0.3, 0.4) is 0 Å². The number of nitrogens with zero attached hydrogens (tertiary/aromatic N) is 2. The standard InChI is InChI=1S/C11H19N3O2S2/c1-3-13-4-5-14(7-9(13)2)18(15,16)11-6-10(12)8-17-11/h6,8-9H,3-5,7,12H2,1-2H3. The number of hydrogen-bond donors (Lipinski definition) is 1. The lowest BCUT2D eigenvalue weighted by molar-refractivity contribution is 0.136. The fourth-order valence-corrected chi connectivity index (χ4v) is 4.99. The number of hydrogen-bond acceptors (Lipinski definition) is 5. The molecule has 2 heterocycles. The lowest BCUT2D eigenvalue weighted by Crippen LogP contribution is -2.53. The van der Waals surface area contributed by atoms with Gasteiger partial charge in [-0.2, -0.15) is 4.31 Å². The normalized spacial score (nSPS) is 23.3. The molecule has 0 aliphatic carbocycles. The molecule has 1 atom stereocenters. The Kier molecular flexibility index (Phi) is 3.96. The van der Waals surface area contributed by atoms with E-state index in [9.17, 15) is 8.42 Å². The first-order valence-corrected chi connectivity index (χ1v) is 8.35. The van der Waals surface area contributed by atoms with Crippen LogP contribution >= 0.6 is 11.3 Å². The van der Waals surface area contributed by atoms with Gasteiger partial charge in [0.25, 0.3) is 10.0 Å². The van der Waals surface area contributed by atoms with Gasteiger partial charge in [-0.05, 0) is 19.5 Å². The number of rotatable bonds is 3. The number of sulfonamides is 1. The van der Waals surface area contributed by atoms with Crippen LogP contribution in [0.4, 0.5) is 5.69 Å². The van der Waals surface area contributed by atoms with Gasteiger partial charge in [0, 0.05) is 36.7 Å². The van der Waals surface area contributed by atoms with Crippen molar-refractivity contribution in [1.82, 2.24) is 9.21 Å². The molecule has 0 saturated carbocycles. The first-order valence-electron chi connectivity index (χ1n) is 6.03. The molecule has 1 aromatic rings. The highest BCUT2D eigenvalue weighted by Gasteiger charge is 2.32. The van der Waals surface area contributed by atoms with Crippen LogP contribution in [0.15, 0.2) is 15.7 Å². The van der Waals surface area contributed by atoms with Crippen molar-refractivity contribution < 1.29 is 8.42 Å². The van der Waals surface area contributed by atoms with E-state index in [4.69, 9.17) is 5.73 Å². The van der Waals surface area contributed by atoms with Crippen LogP contribution in [-0.4, -0.2) is 49.8 Å². The van der Waals surface area contributed by atoms with Crippen molar-refractivity contribution in [2.24, 2.45) is 0 Å². The number of thiophene rings is 1. The minimum Gasteiger partial charge on any atom is -0.398 e. The molecule has 1 aliphatic heterocycles. The zero-order chi connectivity index (χ0) is 13.3. The average molecular weight is 289 g/mol. The highest BCUT2D eigenvalue weighted by atomic mass is 32.2. The molecule has 0 bridgehead atoms. The molecule has 2 rings (SSSR count). The second kappa shape index (κ2) is 5.16. The van der Waals surface area contributed by atoms with Crippen molar-refractivity contribution in [2.45, 2.75) is 24.1 Å². The van der Waals surface area contributed by atoms with Crippen LogP contribution in [0, 0.1) is 0 Å². The van der Waals surface area contributed by atoms with Crippen molar-refractivity contribution in [3.05, 3.63) is 11.4 Å². The number of likely N-dealkylation sites (N-methyl/N-ethyl adjacent to an activating group) is 1. The van der Waals surface area contributed by atoms with Crippen molar-refractivity contribution in [3.63, 3.8) is 0 Å². The third-order valence-corrected chi connectivity index (χ3v) is 6.62. The monoisotopic (exact) mass is 289 g/mol. The molecule has 102 valence electrons. The predicted molar refractivity (Wildman–Crippen MR) is 74.2 cm³/mol. The van der Waals surface area contributed by atoms with Gasteiger partial charge in [0.1, 0.15) is 4.21 Å². The Bertz CT molecular complexity index is 512. The summed E-state index contributed by atoms with van der Waals surface area (Å²) in [6.07, 6.45) is 0. The van der Waals surface area contributed by atoms with Gasteiger partial charge in [-0.1, -0.05) is 6.92 Å². The number of nitrogens with two attached hydrogens (primary N) is 1. The van der Waals surface area contributed by atoms with Gasteiger partial charge < -0.3 is 5.73 Å². The van der Waals surface area contributed by atoms with Gasteiger partial charge in [-0.15, -0.1) is 11.3 Å². The minimum absolute atomic E-state index is 0.260. The molecule has 18 heavy (non-hydrogen) atoms. The minimum atomic E-state index is -3.36. The third-order valence-electron chi connectivity index (χ3n) is 3.32. The Hall–Kier alpha value is -0.630. The van der Waals surface area contributed by atoms with Gasteiger partial charge in [-0.25, -0.2) is 8.42 Å². The smallest absolute Gasteiger partial charge is 0.252 e. The van der Waals surface area contributed by atoms with Crippen molar-refractivity contribution in [2.75, 3.05) is 31.9 Å². The number of nitrogen functional groups attached to an aromatic ring is 1. The quantitative estimate of drug-likeness (QED) is 0.903. The molecule has 0 aromatic carbocycles. The zero-order valence-corrected chi connectivity index (χ0v) is 12.3. The largest absolute Gasteiger partial charge is 0.398 e. The van der Waals surface area contributed by atoms with Gasteiger partial charge in [-0.3, -0.25) is 4.90 Å². The SMILES string of the molecule is CCN1CCN(S(=O)(=O)c2cc(N)cs2)CC1C. The van der Waals surface area contributed by atoms with E-state index >= 15 is 0 Å².